The van der Waals surface area contributed by atoms with E-state index in [1.54, 1.807) is 0 Å². The second-order valence-electron chi connectivity index (χ2n) is 11.2. The summed E-state index contributed by atoms with van der Waals surface area (Å²) in [5, 5.41) is 0. The molecule has 0 N–H and O–H groups in total. The van der Waals surface area contributed by atoms with Gasteiger partial charge in [0.25, 0.3) is 0 Å². The van der Waals surface area contributed by atoms with Gasteiger partial charge in [-0.05, 0) is 74.0 Å². The van der Waals surface area contributed by atoms with Crippen molar-refractivity contribution >= 4 is 15.4 Å². The van der Waals surface area contributed by atoms with E-state index in [0.29, 0.717) is 11.8 Å². The van der Waals surface area contributed by atoms with Gasteiger partial charge in [0, 0.05) is 69.0 Å². The number of fused-ring (bicyclic) bond motifs is 5. The quantitative estimate of drug-likeness (QED) is 0.209. The first kappa shape index (κ1) is 26.4. The van der Waals surface area contributed by atoms with Gasteiger partial charge in [-0.3, -0.25) is 4.79 Å². The monoisotopic (exact) mass is 574 g/mol. The van der Waals surface area contributed by atoms with Crippen LogP contribution >= 0.6 is 9.47 Å². The molecule has 31 heavy (non-hydrogen) atoms. The normalized spacial score (nSPS) is 46.5. The zero-order valence-corrected chi connectivity index (χ0v) is 24.8. The van der Waals surface area contributed by atoms with Gasteiger partial charge in [0.15, 0.2) is 0 Å². The summed E-state index contributed by atoms with van der Waals surface area (Å²) in [6.07, 6.45) is 16.7. The van der Waals surface area contributed by atoms with Crippen molar-refractivity contribution in [1.82, 2.24) is 0 Å². The number of allylic oxidation sites excluding steroid dienone is 2. The summed E-state index contributed by atoms with van der Waals surface area (Å²) in [6, 6.07) is 0. The van der Waals surface area contributed by atoms with Gasteiger partial charge in [-0.15, -0.1) is 0 Å². The van der Waals surface area contributed by atoms with Crippen LogP contribution in [0.2, 0.25) is 0 Å². The van der Waals surface area contributed by atoms with Crippen LogP contribution in [0.4, 0.5) is 0 Å². The fourth-order valence-corrected chi connectivity index (χ4v) is 9.03. The molecule has 1 radical (unpaired) electrons. The van der Waals surface area contributed by atoms with E-state index < -0.39 is 0 Å². The summed E-state index contributed by atoms with van der Waals surface area (Å²) in [7, 11) is 2.60. The molecule has 4 saturated carbocycles. The molecular weight excluding hydrogens is 532 g/mol. The topological polar surface area (TPSA) is 35.5 Å². The second kappa shape index (κ2) is 10.2. The molecule has 0 amide bonds. The first-order valence-corrected chi connectivity index (χ1v) is 12.8. The van der Waals surface area contributed by atoms with Crippen LogP contribution in [-0.2, 0) is 14.1 Å². The molecule has 0 aromatic carbocycles. The van der Waals surface area contributed by atoms with E-state index in [2.05, 4.69) is 36.3 Å². The Bertz CT molecular complexity index is 684. The van der Waals surface area contributed by atoms with E-state index in [4.69, 9.17) is 9.26 Å². The third-order valence-electron chi connectivity index (χ3n) is 10.3. The molecular formula is C26H42O3PPr-. The van der Waals surface area contributed by atoms with Crippen LogP contribution in [0.3, 0.4) is 0 Å². The summed E-state index contributed by atoms with van der Waals surface area (Å²) >= 11 is 0. The molecule has 0 aliphatic heterocycles. The van der Waals surface area contributed by atoms with Crippen LogP contribution in [0, 0.1) is 82.7 Å². The van der Waals surface area contributed by atoms with E-state index in [9.17, 15) is 4.79 Å². The summed E-state index contributed by atoms with van der Waals surface area (Å²) in [5.74, 6) is 3.16. The third-order valence-corrected chi connectivity index (χ3v) is 10.8. The minimum Gasteiger partial charge on any atom is -0.462 e. The minimum atomic E-state index is -0.169. The predicted octanol–water partition coefficient (Wildman–Crippen LogP) is 6.68. The van der Waals surface area contributed by atoms with E-state index in [1.165, 1.54) is 38.5 Å². The zero-order chi connectivity index (χ0) is 21.6. The standard InChI is InChI=1S/C26H42O3P.Pr/c1-5-7-8-18-9-10-21-20-12-16-26(29-30)17-19(28-23(27)6-2)11-15-25(26,4)22(20)13-14-24(18,21)3;/h5,7,18-22H,1,6,8-17,30H2,2-4H3;/q-1;/b7-5+;/t18?,19?,20?,21?,22?,24?,25?,26-;/m1./s1. The Morgan fingerprint density at radius 1 is 1.10 bits per heavy atom. The molecule has 8 unspecified atom stereocenters. The Labute approximate surface area is 225 Å². The fraction of sp³-hybridized carbons (Fsp3) is 0.846. The van der Waals surface area contributed by atoms with E-state index in [-0.39, 0.29) is 64.4 Å². The number of ether oxygens (including phenoxy) is 1. The molecule has 4 rings (SSSR count). The van der Waals surface area contributed by atoms with Crippen molar-refractivity contribution in [1.29, 1.82) is 0 Å². The average Bonchev–Trinajstić information content (AvgIpc) is 3.08. The zero-order valence-electron chi connectivity index (χ0n) is 19.9. The van der Waals surface area contributed by atoms with E-state index >= 15 is 0 Å². The molecule has 0 aromatic rings. The van der Waals surface area contributed by atoms with E-state index in [0.717, 1.165) is 49.4 Å². The molecule has 4 fully saturated rings. The van der Waals surface area contributed by atoms with Gasteiger partial charge < -0.3 is 9.26 Å². The van der Waals surface area contributed by atoms with Crippen molar-refractivity contribution in [3.05, 3.63) is 19.1 Å². The van der Waals surface area contributed by atoms with Crippen molar-refractivity contribution in [2.75, 3.05) is 0 Å². The number of hydrogen-bond donors (Lipinski definition) is 0. The Balaban J connectivity index is 0.00000272. The van der Waals surface area contributed by atoms with Crippen molar-refractivity contribution in [2.24, 2.45) is 34.5 Å². The van der Waals surface area contributed by atoms with E-state index in [1.807, 2.05) is 13.0 Å². The number of esters is 1. The van der Waals surface area contributed by atoms with Gasteiger partial charge in [-0.25, -0.2) is 19.1 Å². The average molecular weight is 575 g/mol. The molecule has 4 aliphatic rings. The van der Waals surface area contributed by atoms with Gasteiger partial charge in [0.1, 0.15) is 6.10 Å². The molecule has 5 heteroatoms. The number of rotatable bonds is 5. The maximum atomic E-state index is 11.9. The molecule has 3 nitrogen and oxygen atoms in total. The number of hydrogen-bond acceptors (Lipinski definition) is 3. The first-order valence-electron chi connectivity index (χ1n) is 12.3. The molecule has 4 aliphatic carbocycles. The smallest absolute Gasteiger partial charge is 0.305 e. The molecule has 0 aromatic heterocycles. The predicted molar refractivity (Wildman–Crippen MR) is 125 cm³/mol. The van der Waals surface area contributed by atoms with Gasteiger partial charge >= 0.3 is 5.97 Å². The summed E-state index contributed by atoms with van der Waals surface area (Å²) in [4.78, 5) is 11.9. The Hall–Kier alpha value is 0.834. The molecule has 0 bridgehead atoms. The molecule has 173 valence electrons. The van der Waals surface area contributed by atoms with Crippen molar-refractivity contribution < 1.29 is 55.3 Å². The van der Waals surface area contributed by atoms with Crippen LogP contribution < -0.4 is 0 Å². The van der Waals surface area contributed by atoms with Gasteiger partial charge in [0.05, 0.1) is 5.60 Å². The molecule has 9 atom stereocenters. The Morgan fingerprint density at radius 3 is 2.55 bits per heavy atom. The van der Waals surface area contributed by atoms with Gasteiger partial charge in [-0.1, -0.05) is 33.6 Å². The third kappa shape index (κ3) is 4.34. The Kier molecular flexibility index (Phi) is 8.71. The second-order valence-corrected chi connectivity index (χ2v) is 11.4. The first-order chi connectivity index (χ1) is 14.3. The number of carbonyl (C=O) groups is 1. The van der Waals surface area contributed by atoms with Crippen LogP contribution in [0.25, 0.3) is 0 Å². The molecule has 0 spiro atoms. The maximum Gasteiger partial charge on any atom is 0.305 e. The number of carbonyl (C=O) groups excluding carboxylic acids is 1. The maximum absolute atomic E-state index is 11.9. The van der Waals surface area contributed by atoms with Crippen molar-refractivity contribution in [3.8, 4) is 0 Å². The summed E-state index contributed by atoms with van der Waals surface area (Å²) < 4.78 is 12.1. The molecule has 0 saturated heterocycles. The fourth-order valence-electron chi connectivity index (χ4n) is 8.55. The molecule has 0 heterocycles. The summed E-state index contributed by atoms with van der Waals surface area (Å²) in [5.41, 5.74) is 0.504. The van der Waals surface area contributed by atoms with Crippen LogP contribution in [0.15, 0.2) is 12.2 Å². The van der Waals surface area contributed by atoms with Crippen LogP contribution in [0.1, 0.15) is 91.4 Å². The Morgan fingerprint density at radius 2 is 1.87 bits per heavy atom. The van der Waals surface area contributed by atoms with Gasteiger partial charge in [0.2, 0.25) is 0 Å². The SMILES string of the molecule is [CH2-]/C=C/CC1CCC2C3CC[C@@]4(OP)CC(OC(=O)CC)CCC4(C)C3CCC12C.[Pr]. The van der Waals surface area contributed by atoms with Crippen molar-refractivity contribution in [2.45, 2.75) is 103 Å². The van der Waals surface area contributed by atoms with Crippen LogP contribution in [0.5, 0.6) is 0 Å². The largest absolute Gasteiger partial charge is 0.462 e. The van der Waals surface area contributed by atoms with Gasteiger partial charge in [-0.2, -0.15) is 0 Å². The van der Waals surface area contributed by atoms with Crippen LogP contribution in [-0.4, -0.2) is 17.7 Å². The minimum absolute atomic E-state index is 0. The summed E-state index contributed by atoms with van der Waals surface area (Å²) in [6.45, 7) is 10.9. The van der Waals surface area contributed by atoms with Crippen molar-refractivity contribution in [3.63, 3.8) is 0 Å².